The minimum absolute atomic E-state index is 0.000390. The van der Waals surface area contributed by atoms with Gasteiger partial charge in [0.25, 0.3) is 0 Å². The number of hydrogen-bond acceptors (Lipinski definition) is 1. The van der Waals surface area contributed by atoms with Gasteiger partial charge in [0.15, 0.2) is 0 Å². The Labute approximate surface area is 109 Å². The number of halogens is 2. The van der Waals surface area contributed by atoms with E-state index in [1.54, 1.807) is 36.4 Å². The first-order valence-corrected chi connectivity index (χ1v) is 5.77. The lowest BCUT2D eigenvalue weighted by molar-refractivity contribution is -0.117. The Morgan fingerprint density at radius 1 is 1.22 bits per heavy atom. The molecule has 0 unspecified atom stereocenters. The average Bonchev–Trinajstić information content (AvgIpc) is 2.28. The summed E-state index contributed by atoms with van der Waals surface area (Å²) in [5.74, 6) is -0.889. The maximum absolute atomic E-state index is 13.9. The van der Waals surface area contributed by atoms with Crippen molar-refractivity contribution in [2.24, 2.45) is 5.73 Å². The van der Waals surface area contributed by atoms with Gasteiger partial charge in [-0.15, -0.1) is 0 Å². The van der Waals surface area contributed by atoms with E-state index in [9.17, 15) is 9.18 Å². The van der Waals surface area contributed by atoms with Crippen molar-refractivity contribution in [3.63, 3.8) is 0 Å². The van der Waals surface area contributed by atoms with Crippen LogP contribution in [0.4, 0.5) is 4.39 Å². The minimum atomic E-state index is -0.496. The number of benzene rings is 2. The molecule has 2 aromatic carbocycles. The van der Waals surface area contributed by atoms with Crippen LogP contribution in [0.5, 0.6) is 0 Å². The molecular weight excluding hydrogens is 253 g/mol. The minimum Gasteiger partial charge on any atom is -0.369 e. The molecule has 0 aliphatic heterocycles. The van der Waals surface area contributed by atoms with Crippen molar-refractivity contribution < 1.29 is 9.18 Å². The summed E-state index contributed by atoms with van der Waals surface area (Å²) in [5, 5.41) is 0.515. The first-order chi connectivity index (χ1) is 8.58. The highest BCUT2D eigenvalue weighted by molar-refractivity contribution is 6.30. The third kappa shape index (κ3) is 2.68. The maximum Gasteiger partial charge on any atom is 0.221 e. The maximum atomic E-state index is 13.9. The summed E-state index contributed by atoms with van der Waals surface area (Å²) in [6, 6.07) is 11.4. The molecule has 0 aromatic heterocycles. The first-order valence-electron chi connectivity index (χ1n) is 5.39. The van der Waals surface area contributed by atoms with E-state index >= 15 is 0 Å². The molecule has 0 radical (unpaired) electrons. The predicted molar refractivity (Wildman–Crippen MR) is 69.7 cm³/mol. The van der Waals surface area contributed by atoms with E-state index in [0.29, 0.717) is 21.7 Å². The zero-order valence-electron chi connectivity index (χ0n) is 9.49. The Morgan fingerprint density at radius 2 is 1.94 bits per heavy atom. The van der Waals surface area contributed by atoms with Gasteiger partial charge in [0.2, 0.25) is 5.91 Å². The molecule has 0 spiro atoms. The number of hydrogen-bond donors (Lipinski definition) is 1. The number of carbonyl (C=O) groups is 1. The number of primary amides is 1. The van der Waals surface area contributed by atoms with Crippen LogP contribution in [0.3, 0.4) is 0 Å². The first kappa shape index (κ1) is 12.6. The molecule has 0 fully saturated rings. The zero-order chi connectivity index (χ0) is 13.1. The number of carbonyl (C=O) groups excluding carboxylic acids is 1. The van der Waals surface area contributed by atoms with Crippen molar-refractivity contribution in [3.05, 3.63) is 58.9 Å². The Hall–Kier alpha value is -1.87. The molecular formula is C14H11ClFNO. The van der Waals surface area contributed by atoms with Crippen molar-refractivity contribution in [2.45, 2.75) is 6.42 Å². The lowest BCUT2D eigenvalue weighted by atomic mass is 9.97. The Bertz CT molecular complexity index is 598. The molecule has 92 valence electrons. The summed E-state index contributed by atoms with van der Waals surface area (Å²) >= 11 is 5.89. The van der Waals surface area contributed by atoms with Gasteiger partial charge in [0.1, 0.15) is 5.82 Å². The highest BCUT2D eigenvalue weighted by atomic mass is 35.5. The smallest absolute Gasteiger partial charge is 0.221 e. The fourth-order valence-electron chi connectivity index (χ4n) is 1.87. The van der Waals surface area contributed by atoms with Crippen molar-refractivity contribution in [2.75, 3.05) is 0 Å². The van der Waals surface area contributed by atoms with E-state index in [2.05, 4.69) is 0 Å². The van der Waals surface area contributed by atoms with Gasteiger partial charge in [-0.05, 0) is 29.3 Å². The molecule has 0 saturated heterocycles. The monoisotopic (exact) mass is 263 g/mol. The second kappa shape index (κ2) is 5.19. The topological polar surface area (TPSA) is 43.1 Å². The highest BCUT2D eigenvalue weighted by Gasteiger charge is 2.12. The fraction of sp³-hybridized carbons (Fsp3) is 0.0714. The van der Waals surface area contributed by atoms with Crippen LogP contribution in [-0.4, -0.2) is 5.91 Å². The van der Waals surface area contributed by atoms with Gasteiger partial charge < -0.3 is 5.73 Å². The number of amides is 1. The molecule has 4 heteroatoms. The second-order valence-corrected chi connectivity index (χ2v) is 4.36. The summed E-state index contributed by atoms with van der Waals surface area (Å²) in [7, 11) is 0. The molecule has 0 atom stereocenters. The van der Waals surface area contributed by atoms with Crippen LogP contribution in [-0.2, 0) is 11.2 Å². The summed E-state index contributed by atoms with van der Waals surface area (Å²) in [6.45, 7) is 0. The summed E-state index contributed by atoms with van der Waals surface area (Å²) in [4.78, 5) is 11.0. The van der Waals surface area contributed by atoms with Crippen LogP contribution in [0.2, 0.25) is 5.02 Å². The Kier molecular flexibility index (Phi) is 3.63. The van der Waals surface area contributed by atoms with Crippen molar-refractivity contribution >= 4 is 17.5 Å². The summed E-state index contributed by atoms with van der Waals surface area (Å²) < 4.78 is 13.9. The third-order valence-electron chi connectivity index (χ3n) is 2.58. The molecule has 2 N–H and O–H groups in total. The van der Waals surface area contributed by atoms with Crippen molar-refractivity contribution in [3.8, 4) is 11.1 Å². The van der Waals surface area contributed by atoms with Crippen LogP contribution in [0.25, 0.3) is 11.1 Å². The van der Waals surface area contributed by atoms with Crippen LogP contribution < -0.4 is 5.73 Å². The van der Waals surface area contributed by atoms with Crippen molar-refractivity contribution in [1.29, 1.82) is 0 Å². The molecule has 0 aliphatic carbocycles. The van der Waals surface area contributed by atoms with Gasteiger partial charge in [-0.25, -0.2) is 4.39 Å². The molecule has 18 heavy (non-hydrogen) atoms. The van der Waals surface area contributed by atoms with E-state index in [1.165, 1.54) is 6.07 Å². The molecule has 0 saturated carbocycles. The largest absolute Gasteiger partial charge is 0.369 e. The van der Waals surface area contributed by atoms with Gasteiger partial charge in [-0.2, -0.15) is 0 Å². The van der Waals surface area contributed by atoms with Gasteiger partial charge in [-0.3, -0.25) is 4.79 Å². The molecule has 2 aromatic rings. The quantitative estimate of drug-likeness (QED) is 0.908. The van der Waals surface area contributed by atoms with E-state index in [4.69, 9.17) is 17.3 Å². The Morgan fingerprint density at radius 3 is 2.61 bits per heavy atom. The highest BCUT2D eigenvalue weighted by Crippen LogP contribution is 2.29. The summed E-state index contributed by atoms with van der Waals surface area (Å²) in [6.07, 6.45) is -0.000390. The van der Waals surface area contributed by atoms with Crippen LogP contribution in [0.1, 0.15) is 5.56 Å². The predicted octanol–water partition coefficient (Wildman–Crippen LogP) is 3.17. The zero-order valence-corrected chi connectivity index (χ0v) is 10.2. The van der Waals surface area contributed by atoms with E-state index in [0.717, 1.165) is 0 Å². The van der Waals surface area contributed by atoms with Gasteiger partial charge in [-0.1, -0.05) is 35.9 Å². The number of rotatable bonds is 3. The lowest BCUT2D eigenvalue weighted by Gasteiger charge is -2.10. The molecule has 0 heterocycles. The molecule has 1 amide bonds. The summed E-state index contributed by atoms with van der Waals surface area (Å²) in [5.41, 5.74) is 6.73. The van der Waals surface area contributed by atoms with E-state index in [-0.39, 0.29) is 6.42 Å². The SMILES string of the molecule is NC(=O)Cc1cccc(F)c1-c1cccc(Cl)c1. The lowest BCUT2D eigenvalue weighted by Crippen LogP contribution is -2.14. The van der Waals surface area contributed by atoms with E-state index < -0.39 is 11.7 Å². The third-order valence-corrected chi connectivity index (χ3v) is 2.81. The number of nitrogens with two attached hydrogens (primary N) is 1. The Balaban J connectivity index is 2.58. The molecule has 0 aliphatic rings. The normalized spacial score (nSPS) is 10.3. The van der Waals surface area contributed by atoms with Crippen LogP contribution in [0, 0.1) is 5.82 Å². The molecule has 2 nitrogen and oxygen atoms in total. The average molecular weight is 264 g/mol. The van der Waals surface area contributed by atoms with Crippen LogP contribution >= 0.6 is 11.6 Å². The second-order valence-electron chi connectivity index (χ2n) is 3.93. The van der Waals surface area contributed by atoms with Gasteiger partial charge in [0.05, 0.1) is 6.42 Å². The van der Waals surface area contributed by atoms with Gasteiger partial charge in [0, 0.05) is 10.6 Å². The molecule has 2 rings (SSSR count). The standard InChI is InChI=1S/C14H11ClFNO/c15-11-5-1-3-9(7-11)14-10(8-13(17)18)4-2-6-12(14)16/h1-7H,8H2,(H2,17,18). The fourth-order valence-corrected chi connectivity index (χ4v) is 2.06. The molecule has 0 bridgehead atoms. The van der Waals surface area contributed by atoms with E-state index in [1.807, 2.05) is 0 Å². The van der Waals surface area contributed by atoms with Gasteiger partial charge >= 0.3 is 0 Å². The van der Waals surface area contributed by atoms with Crippen molar-refractivity contribution in [1.82, 2.24) is 0 Å². The van der Waals surface area contributed by atoms with Crippen LogP contribution in [0.15, 0.2) is 42.5 Å².